The van der Waals surface area contributed by atoms with Crippen molar-refractivity contribution in [1.82, 2.24) is 15.5 Å². The van der Waals surface area contributed by atoms with Crippen LogP contribution in [0.5, 0.6) is 0 Å². The predicted molar refractivity (Wildman–Crippen MR) is 64.5 cm³/mol. The van der Waals surface area contributed by atoms with Crippen molar-refractivity contribution in [2.24, 2.45) is 0 Å². The van der Waals surface area contributed by atoms with Gasteiger partial charge in [-0.05, 0) is 33.7 Å². The number of aromatic nitrogens is 2. The Kier molecular flexibility index (Phi) is 4.73. The fourth-order valence-electron chi connectivity index (χ4n) is 1.21. The van der Waals surface area contributed by atoms with Crippen LogP contribution in [0.25, 0.3) is 0 Å². The molecule has 92 valence electrons. The van der Waals surface area contributed by atoms with Gasteiger partial charge in [-0.3, -0.25) is 0 Å². The second kappa shape index (κ2) is 5.84. The second-order valence-corrected chi connectivity index (χ2v) is 4.30. The van der Waals surface area contributed by atoms with E-state index in [1.54, 1.807) is 0 Å². The molecule has 1 aromatic heterocycles. The van der Waals surface area contributed by atoms with Gasteiger partial charge >= 0.3 is 6.01 Å². The van der Waals surface area contributed by atoms with Gasteiger partial charge in [0.15, 0.2) is 0 Å². The third-order valence-electron chi connectivity index (χ3n) is 2.58. The minimum Gasteiger partial charge on any atom is -0.406 e. The number of nitrogens with zero attached hydrogens (tertiary/aromatic N) is 3. The number of nitrogens with one attached hydrogen (secondary N) is 1. The lowest BCUT2D eigenvalue weighted by Gasteiger charge is -2.18. The zero-order valence-corrected chi connectivity index (χ0v) is 10.8. The Bertz CT molecular complexity index is 311. The van der Waals surface area contributed by atoms with E-state index in [0.29, 0.717) is 17.9 Å². The summed E-state index contributed by atoms with van der Waals surface area (Å²) in [5.41, 5.74) is 0. The maximum atomic E-state index is 5.61. The van der Waals surface area contributed by atoms with Gasteiger partial charge in [0.1, 0.15) is 0 Å². The van der Waals surface area contributed by atoms with Crippen LogP contribution < -0.4 is 10.2 Å². The summed E-state index contributed by atoms with van der Waals surface area (Å²) in [7, 11) is 1.95. The van der Waals surface area contributed by atoms with Crippen molar-refractivity contribution < 1.29 is 4.42 Å². The first-order valence-electron chi connectivity index (χ1n) is 5.85. The smallest absolute Gasteiger partial charge is 0.318 e. The number of hydrogen-bond donors (Lipinski definition) is 1. The van der Waals surface area contributed by atoms with Gasteiger partial charge in [0.05, 0.1) is 6.04 Å². The predicted octanol–water partition coefficient (Wildman–Crippen LogP) is 1.97. The van der Waals surface area contributed by atoms with Gasteiger partial charge in [-0.1, -0.05) is 12.0 Å². The summed E-state index contributed by atoms with van der Waals surface area (Å²) in [4.78, 5) is 1.96. The van der Waals surface area contributed by atoms with Crippen LogP contribution in [0, 0.1) is 0 Å². The Morgan fingerprint density at radius 3 is 2.56 bits per heavy atom. The monoisotopic (exact) mass is 226 g/mol. The van der Waals surface area contributed by atoms with Gasteiger partial charge in [0.2, 0.25) is 5.89 Å². The largest absolute Gasteiger partial charge is 0.406 e. The van der Waals surface area contributed by atoms with Crippen molar-refractivity contribution in [1.29, 1.82) is 0 Å². The number of anilines is 1. The van der Waals surface area contributed by atoms with E-state index >= 15 is 0 Å². The molecule has 1 unspecified atom stereocenters. The lowest BCUT2D eigenvalue weighted by atomic mass is 10.3. The summed E-state index contributed by atoms with van der Waals surface area (Å²) < 4.78 is 5.61. The van der Waals surface area contributed by atoms with Crippen molar-refractivity contribution in [3.05, 3.63) is 5.89 Å². The van der Waals surface area contributed by atoms with E-state index in [0.717, 1.165) is 13.0 Å². The van der Waals surface area contributed by atoms with E-state index in [9.17, 15) is 0 Å². The SMILES string of the molecule is CCCNC(C)c1nnc(N(C)C(C)C)o1. The van der Waals surface area contributed by atoms with Crippen LogP contribution in [-0.2, 0) is 0 Å². The van der Waals surface area contributed by atoms with Crippen molar-refractivity contribution in [2.75, 3.05) is 18.5 Å². The molecule has 0 aliphatic rings. The first-order valence-corrected chi connectivity index (χ1v) is 5.85. The fraction of sp³-hybridized carbons (Fsp3) is 0.818. The Labute approximate surface area is 97.2 Å². The van der Waals surface area contributed by atoms with Gasteiger partial charge in [-0.2, -0.15) is 0 Å². The molecule has 1 atom stereocenters. The maximum Gasteiger partial charge on any atom is 0.318 e. The summed E-state index contributed by atoms with van der Waals surface area (Å²) in [5.74, 6) is 0.649. The molecule has 5 heteroatoms. The summed E-state index contributed by atoms with van der Waals surface area (Å²) >= 11 is 0. The topological polar surface area (TPSA) is 54.2 Å². The summed E-state index contributed by atoms with van der Waals surface area (Å²) in [5, 5.41) is 11.4. The van der Waals surface area contributed by atoms with Gasteiger partial charge in [-0.15, -0.1) is 5.10 Å². The van der Waals surface area contributed by atoms with Gasteiger partial charge < -0.3 is 14.6 Å². The highest BCUT2D eigenvalue weighted by Gasteiger charge is 2.16. The molecule has 0 fully saturated rings. The van der Waals surface area contributed by atoms with Crippen LogP contribution in [0.4, 0.5) is 6.01 Å². The molecule has 16 heavy (non-hydrogen) atoms. The number of rotatable bonds is 6. The van der Waals surface area contributed by atoms with Gasteiger partial charge in [0.25, 0.3) is 0 Å². The van der Waals surface area contributed by atoms with Crippen molar-refractivity contribution in [3.8, 4) is 0 Å². The Morgan fingerprint density at radius 1 is 1.31 bits per heavy atom. The van der Waals surface area contributed by atoms with Crippen LogP contribution in [0.2, 0.25) is 0 Å². The third kappa shape index (κ3) is 3.20. The van der Waals surface area contributed by atoms with Gasteiger partial charge in [0, 0.05) is 13.1 Å². The Morgan fingerprint density at radius 2 is 2.00 bits per heavy atom. The molecule has 0 spiro atoms. The standard InChI is InChI=1S/C11H22N4O/c1-6-7-12-9(4)10-13-14-11(16-10)15(5)8(2)3/h8-9,12H,6-7H2,1-5H3. The molecule has 0 radical (unpaired) electrons. The highest BCUT2D eigenvalue weighted by molar-refractivity contribution is 5.23. The Hall–Kier alpha value is -1.10. The van der Waals surface area contributed by atoms with Crippen LogP contribution in [-0.4, -0.2) is 29.8 Å². The van der Waals surface area contributed by atoms with E-state index in [-0.39, 0.29) is 6.04 Å². The Balaban J connectivity index is 2.63. The molecule has 1 rings (SSSR count). The highest BCUT2D eigenvalue weighted by atomic mass is 16.4. The summed E-state index contributed by atoms with van der Waals surface area (Å²) in [6, 6.07) is 1.05. The average Bonchev–Trinajstić information content (AvgIpc) is 2.73. The second-order valence-electron chi connectivity index (χ2n) is 4.30. The molecule has 0 aliphatic carbocycles. The molecule has 0 saturated carbocycles. The molecule has 1 heterocycles. The molecular formula is C11H22N4O. The van der Waals surface area contributed by atoms with Crippen molar-refractivity contribution >= 4 is 6.01 Å². The highest BCUT2D eigenvalue weighted by Crippen LogP contribution is 2.17. The molecule has 0 bridgehead atoms. The van der Waals surface area contributed by atoms with E-state index in [1.807, 2.05) is 18.9 Å². The minimum atomic E-state index is 0.113. The van der Waals surface area contributed by atoms with E-state index in [2.05, 4.69) is 36.3 Å². The fourth-order valence-corrected chi connectivity index (χ4v) is 1.21. The third-order valence-corrected chi connectivity index (χ3v) is 2.58. The summed E-state index contributed by atoms with van der Waals surface area (Å²) in [6.45, 7) is 9.29. The van der Waals surface area contributed by atoms with Crippen LogP contribution in [0.1, 0.15) is 46.0 Å². The molecule has 0 amide bonds. The molecule has 0 saturated heterocycles. The summed E-state index contributed by atoms with van der Waals surface area (Å²) in [6.07, 6.45) is 1.09. The normalized spacial score (nSPS) is 13.1. The minimum absolute atomic E-state index is 0.113. The van der Waals surface area contributed by atoms with Crippen molar-refractivity contribution in [3.63, 3.8) is 0 Å². The zero-order chi connectivity index (χ0) is 12.1. The first-order chi connectivity index (χ1) is 7.56. The van der Waals surface area contributed by atoms with Crippen LogP contribution >= 0.6 is 0 Å². The van der Waals surface area contributed by atoms with E-state index in [4.69, 9.17) is 4.42 Å². The van der Waals surface area contributed by atoms with Crippen LogP contribution in [0.15, 0.2) is 4.42 Å². The zero-order valence-electron chi connectivity index (χ0n) is 10.8. The lowest BCUT2D eigenvalue weighted by Crippen LogP contribution is -2.25. The van der Waals surface area contributed by atoms with Crippen LogP contribution in [0.3, 0.4) is 0 Å². The number of hydrogen-bond acceptors (Lipinski definition) is 5. The quantitative estimate of drug-likeness (QED) is 0.803. The first kappa shape index (κ1) is 13.0. The molecule has 0 aromatic carbocycles. The molecular weight excluding hydrogens is 204 g/mol. The van der Waals surface area contributed by atoms with Gasteiger partial charge in [-0.25, -0.2) is 0 Å². The molecule has 0 aliphatic heterocycles. The average molecular weight is 226 g/mol. The molecule has 1 N–H and O–H groups in total. The molecule has 1 aromatic rings. The lowest BCUT2D eigenvalue weighted by molar-refractivity contribution is 0.413. The maximum absolute atomic E-state index is 5.61. The van der Waals surface area contributed by atoms with E-state index in [1.165, 1.54) is 0 Å². The van der Waals surface area contributed by atoms with Crippen molar-refractivity contribution in [2.45, 2.75) is 46.2 Å². The molecule has 5 nitrogen and oxygen atoms in total. The van der Waals surface area contributed by atoms with E-state index < -0.39 is 0 Å².